The number of aromatic nitrogens is 1. The van der Waals surface area contributed by atoms with Gasteiger partial charge in [-0.05, 0) is 25.1 Å². The Morgan fingerprint density at radius 3 is 2.58 bits per heavy atom. The molecule has 0 aliphatic carbocycles. The molecular formula is C19H18N2O3. The zero-order valence-electron chi connectivity index (χ0n) is 13.5. The molecule has 1 aromatic heterocycles. The highest BCUT2D eigenvalue weighted by Gasteiger charge is 2.20. The summed E-state index contributed by atoms with van der Waals surface area (Å²) < 4.78 is 10.8. The Morgan fingerprint density at radius 1 is 1.08 bits per heavy atom. The van der Waals surface area contributed by atoms with Gasteiger partial charge in [0.1, 0.15) is 5.52 Å². The highest BCUT2D eigenvalue weighted by atomic mass is 16.5. The van der Waals surface area contributed by atoms with Crippen molar-refractivity contribution in [2.24, 2.45) is 0 Å². The van der Waals surface area contributed by atoms with Gasteiger partial charge in [-0.15, -0.1) is 0 Å². The number of amides is 1. The highest BCUT2D eigenvalue weighted by Crippen LogP contribution is 2.29. The van der Waals surface area contributed by atoms with Crippen molar-refractivity contribution in [1.82, 2.24) is 10.1 Å². The van der Waals surface area contributed by atoms with Gasteiger partial charge in [-0.1, -0.05) is 35.0 Å². The minimum absolute atomic E-state index is 0.0243. The van der Waals surface area contributed by atoms with Crippen molar-refractivity contribution >= 4 is 16.8 Å². The number of carbonyl (C=O) groups is 1. The van der Waals surface area contributed by atoms with E-state index in [9.17, 15) is 4.79 Å². The Labute approximate surface area is 139 Å². The third kappa shape index (κ3) is 2.67. The summed E-state index contributed by atoms with van der Waals surface area (Å²) in [6.07, 6.45) is 0. The van der Waals surface area contributed by atoms with E-state index in [1.54, 1.807) is 0 Å². The van der Waals surface area contributed by atoms with E-state index < -0.39 is 0 Å². The minimum Gasteiger partial charge on any atom is -0.378 e. The second-order valence-corrected chi connectivity index (χ2v) is 6.01. The lowest BCUT2D eigenvalue weighted by Crippen LogP contribution is -2.40. The number of benzene rings is 2. The van der Waals surface area contributed by atoms with Crippen LogP contribution in [0.3, 0.4) is 0 Å². The number of rotatable bonds is 2. The van der Waals surface area contributed by atoms with Crippen LogP contribution in [0.4, 0.5) is 0 Å². The highest BCUT2D eigenvalue weighted by molar-refractivity contribution is 6.01. The van der Waals surface area contributed by atoms with Crippen molar-refractivity contribution in [3.63, 3.8) is 0 Å². The first-order valence-electron chi connectivity index (χ1n) is 8.06. The monoisotopic (exact) mass is 322 g/mol. The van der Waals surface area contributed by atoms with E-state index in [2.05, 4.69) is 5.16 Å². The van der Waals surface area contributed by atoms with Crippen molar-refractivity contribution in [2.45, 2.75) is 6.92 Å². The lowest BCUT2D eigenvalue weighted by molar-refractivity contribution is 0.0303. The van der Waals surface area contributed by atoms with Crippen LogP contribution in [-0.2, 0) is 4.74 Å². The molecule has 2 aromatic carbocycles. The number of hydrogen-bond acceptors (Lipinski definition) is 4. The molecule has 4 rings (SSSR count). The van der Waals surface area contributed by atoms with Gasteiger partial charge < -0.3 is 14.2 Å². The third-order valence-corrected chi connectivity index (χ3v) is 4.34. The molecule has 0 bridgehead atoms. The Morgan fingerprint density at radius 2 is 1.83 bits per heavy atom. The Balaban J connectivity index is 1.72. The van der Waals surface area contributed by atoms with Crippen LogP contribution in [0.2, 0.25) is 0 Å². The Kier molecular flexibility index (Phi) is 3.78. The lowest BCUT2D eigenvalue weighted by atomic mass is 10.0. The summed E-state index contributed by atoms with van der Waals surface area (Å²) in [5.74, 6) is 0.720. The molecule has 0 saturated carbocycles. The molecule has 5 nitrogen and oxygen atoms in total. The molecule has 1 amide bonds. The standard InChI is InChI=1S/C19H18N2O3/c1-13-2-4-14(5-3-13)18-16-12-15(6-7-17(16)20-24-18)19(22)21-8-10-23-11-9-21/h2-7,12H,8-11H2,1H3. The second-order valence-electron chi connectivity index (χ2n) is 6.01. The van der Waals surface area contributed by atoms with Gasteiger partial charge in [-0.25, -0.2) is 0 Å². The van der Waals surface area contributed by atoms with Crippen LogP contribution in [0.15, 0.2) is 47.0 Å². The maximum absolute atomic E-state index is 12.7. The van der Waals surface area contributed by atoms with Crippen molar-refractivity contribution in [2.75, 3.05) is 26.3 Å². The number of aryl methyl sites for hydroxylation is 1. The van der Waals surface area contributed by atoms with Crippen LogP contribution < -0.4 is 0 Å². The van der Waals surface area contributed by atoms with Crippen LogP contribution in [0, 0.1) is 6.92 Å². The summed E-state index contributed by atoms with van der Waals surface area (Å²) in [4.78, 5) is 14.5. The van der Waals surface area contributed by atoms with E-state index in [-0.39, 0.29) is 5.91 Å². The van der Waals surface area contributed by atoms with Gasteiger partial charge in [0.15, 0.2) is 5.76 Å². The van der Waals surface area contributed by atoms with Gasteiger partial charge >= 0.3 is 0 Å². The maximum Gasteiger partial charge on any atom is 0.254 e. The van der Waals surface area contributed by atoms with Crippen molar-refractivity contribution < 1.29 is 14.1 Å². The van der Waals surface area contributed by atoms with E-state index in [0.717, 1.165) is 16.5 Å². The van der Waals surface area contributed by atoms with E-state index in [1.165, 1.54) is 5.56 Å². The van der Waals surface area contributed by atoms with E-state index in [4.69, 9.17) is 9.26 Å². The van der Waals surface area contributed by atoms with E-state index >= 15 is 0 Å². The van der Waals surface area contributed by atoms with Gasteiger partial charge in [-0.3, -0.25) is 4.79 Å². The number of fused-ring (bicyclic) bond motifs is 1. The normalized spacial score (nSPS) is 15.0. The summed E-state index contributed by atoms with van der Waals surface area (Å²) in [5.41, 5.74) is 3.55. The first-order valence-corrected chi connectivity index (χ1v) is 8.06. The molecule has 0 atom stereocenters. The fourth-order valence-electron chi connectivity index (χ4n) is 2.94. The number of ether oxygens (including phenoxy) is 1. The van der Waals surface area contributed by atoms with Crippen LogP contribution in [0.25, 0.3) is 22.2 Å². The fourth-order valence-corrected chi connectivity index (χ4v) is 2.94. The maximum atomic E-state index is 12.7. The van der Waals surface area contributed by atoms with Crippen LogP contribution in [0.1, 0.15) is 15.9 Å². The molecule has 3 aromatic rings. The molecule has 0 unspecified atom stereocenters. The fraction of sp³-hybridized carbons (Fsp3) is 0.263. The number of carbonyl (C=O) groups excluding carboxylic acids is 1. The van der Waals surface area contributed by atoms with Gasteiger partial charge in [0.05, 0.1) is 18.6 Å². The van der Waals surface area contributed by atoms with Crippen molar-refractivity contribution in [1.29, 1.82) is 0 Å². The van der Waals surface area contributed by atoms with Gasteiger partial charge in [-0.2, -0.15) is 0 Å². The first kappa shape index (κ1) is 14.9. The SMILES string of the molecule is Cc1ccc(-c2onc3ccc(C(=O)N4CCOCC4)cc23)cc1. The molecule has 1 fully saturated rings. The summed E-state index contributed by atoms with van der Waals surface area (Å²) in [6.45, 7) is 4.49. The summed E-state index contributed by atoms with van der Waals surface area (Å²) in [5, 5.41) is 4.97. The first-order chi connectivity index (χ1) is 11.7. The molecule has 0 radical (unpaired) electrons. The summed E-state index contributed by atoms with van der Waals surface area (Å²) in [6, 6.07) is 13.6. The molecule has 1 aliphatic rings. The van der Waals surface area contributed by atoms with Crippen LogP contribution >= 0.6 is 0 Å². The van der Waals surface area contributed by atoms with Gasteiger partial charge in [0.2, 0.25) is 0 Å². The molecule has 0 spiro atoms. The van der Waals surface area contributed by atoms with Crippen molar-refractivity contribution in [3.8, 4) is 11.3 Å². The number of hydrogen-bond donors (Lipinski definition) is 0. The number of nitrogens with zero attached hydrogens (tertiary/aromatic N) is 2. The van der Waals surface area contributed by atoms with Gasteiger partial charge in [0, 0.05) is 24.2 Å². The van der Waals surface area contributed by atoms with Crippen LogP contribution in [0.5, 0.6) is 0 Å². The number of morpholine rings is 1. The minimum atomic E-state index is 0.0243. The molecule has 0 N–H and O–H groups in total. The molecular weight excluding hydrogens is 304 g/mol. The van der Waals surface area contributed by atoms with Crippen LogP contribution in [-0.4, -0.2) is 42.3 Å². The van der Waals surface area contributed by atoms with Gasteiger partial charge in [0.25, 0.3) is 5.91 Å². The van der Waals surface area contributed by atoms with Crippen molar-refractivity contribution in [3.05, 3.63) is 53.6 Å². The Bertz CT molecular complexity index is 877. The zero-order chi connectivity index (χ0) is 16.5. The lowest BCUT2D eigenvalue weighted by Gasteiger charge is -2.26. The zero-order valence-corrected chi connectivity index (χ0v) is 13.5. The average Bonchev–Trinajstić information content (AvgIpc) is 3.05. The summed E-state index contributed by atoms with van der Waals surface area (Å²) >= 11 is 0. The molecule has 122 valence electrons. The topological polar surface area (TPSA) is 55.6 Å². The smallest absolute Gasteiger partial charge is 0.254 e. The molecule has 5 heteroatoms. The quantitative estimate of drug-likeness (QED) is 0.726. The predicted molar refractivity (Wildman–Crippen MR) is 90.9 cm³/mol. The van der Waals surface area contributed by atoms with E-state index in [1.807, 2.05) is 54.3 Å². The Hall–Kier alpha value is -2.66. The average molecular weight is 322 g/mol. The molecule has 1 aliphatic heterocycles. The second kappa shape index (κ2) is 6.09. The van der Waals surface area contributed by atoms with E-state index in [0.29, 0.717) is 37.6 Å². The molecule has 1 saturated heterocycles. The predicted octanol–water partition coefficient (Wildman–Crippen LogP) is 3.28. The molecule has 2 heterocycles. The third-order valence-electron chi connectivity index (χ3n) is 4.34. The molecule has 24 heavy (non-hydrogen) atoms. The largest absolute Gasteiger partial charge is 0.378 e. The summed E-state index contributed by atoms with van der Waals surface area (Å²) in [7, 11) is 0.